The largest absolute Gasteiger partial charge is 0.352 e. The molecule has 2 aliphatic heterocycles. The van der Waals surface area contributed by atoms with E-state index in [0.717, 1.165) is 31.3 Å². The minimum absolute atomic E-state index is 0.230. The van der Waals surface area contributed by atoms with Crippen LogP contribution in [0.5, 0.6) is 0 Å². The molecule has 0 aromatic carbocycles. The molecule has 3 unspecified atom stereocenters. The van der Waals surface area contributed by atoms with Gasteiger partial charge >= 0.3 is 0 Å². The smallest absolute Gasteiger partial charge is 0.231 e. The SMILES string of the molecule is COC1(OC)CN2CC(c3nc(C4CC4)no3)C1C2. The Kier molecular flexibility index (Phi) is 2.49. The van der Waals surface area contributed by atoms with E-state index in [0.29, 0.717) is 5.92 Å². The Morgan fingerprint density at radius 1 is 1.26 bits per heavy atom. The number of fused-ring (bicyclic) bond motifs is 2. The summed E-state index contributed by atoms with van der Waals surface area (Å²) in [7, 11) is 3.43. The van der Waals surface area contributed by atoms with Crippen molar-refractivity contribution in [3.63, 3.8) is 0 Å². The van der Waals surface area contributed by atoms with Gasteiger partial charge in [0.15, 0.2) is 11.6 Å². The zero-order valence-electron chi connectivity index (χ0n) is 11.3. The van der Waals surface area contributed by atoms with Gasteiger partial charge in [-0.15, -0.1) is 0 Å². The predicted octanol–water partition coefficient (Wildman–Crippen LogP) is 0.965. The Labute approximate surface area is 112 Å². The molecule has 0 radical (unpaired) electrons. The second kappa shape index (κ2) is 4.01. The van der Waals surface area contributed by atoms with E-state index >= 15 is 0 Å². The fourth-order valence-corrected chi connectivity index (χ4v) is 3.56. The average Bonchev–Trinajstić information content (AvgIpc) is 2.92. The van der Waals surface area contributed by atoms with Crippen LogP contribution in [0.3, 0.4) is 0 Å². The molecule has 6 nitrogen and oxygen atoms in total. The average molecular weight is 265 g/mol. The molecule has 0 spiro atoms. The van der Waals surface area contributed by atoms with Gasteiger partial charge < -0.3 is 14.0 Å². The van der Waals surface area contributed by atoms with Crippen molar-refractivity contribution in [2.24, 2.45) is 5.92 Å². The second-order valence-electron chi connectivity index (χ2n) is 5.89. The molecule has 3 fully saturated rings. The van der Waals surface area contributed by atoms with Crippen LogP contribution in [0, 0.1) is 5.92 Å². The van der Waals surface area contributed by atoms with Crippen LogP contribution in [-0.2, 0) is 9.47 Å². The molecule has 1 saturated carbocycles. The summed E-state index contributed by atoms with van der Waals surface area (Å²) in [5.74, 6) is 2.16. The molecule has 3 heterocycles. The van der Waals surface area contributed by atoms with E-state index in [1.165, 1.54) is 12.8 Å². The molecule has 2 bridgehead atoms. The van der Waals surface area contributed by atoms with Crippen LogP contribution in [0.25, 0.3) is 0 Å². The normalized spacial score (nSPS) is 36.0. The van der Waals surface area contributed by atoms with Crippen molar-refractivity contribution in [3.05, 3.63) is 11.7 Å². The highest BCUT2D eigenvalue weighted by Gasteiger charge is 2.58. The summed E-state index contributed by atoms with van der Waals surface area (Å²) >= 11 is 0. The van der Waals surface area contributed by atoms with Gasteiger partial charge in [-0.2, -0.15) is 4.98 Å². The number of ether oxygens (including phenoxy) is 2. The van der Waals surface area contributed by atoms with E-state index in [-0.39, 0.29) is 11.8 Å². The first-order valence-electron chi connectivity index (χ1n) is 6.92. The number of hydrogen-bond acceptors (Lipinski definition) is 6. The molecule has 6 heteroatoms. The summed E-state index contributed by atoms with van der Waals surface area (Å²) in [5, 5.41) is 4.12. The number of hydrogen-bond donors (Lipinski definition) is 0. The highest BCUT2D eigenvalue weighted by atomic mass is 16.7. The fraction of sp³-hybridized carbons (Fsp3) is 0.846. The molecule has 104 valence electrons. The van der Waals surface area contributed by atoms with E-state index in [4.69, 9.17) is 14.0 Å². The van der Waals surface area contributed by atoms with E-state index < -0.39 is 5.79 Å². The summed E-state index contributed by atoms with van der Waals surface area (Å²) in [5.41, 5.74) is 0. The van der Waals surface area contributed by atoms with Gasteiger partial charge in [0, 0.05) is 39.1 Å². The van der Waals surface area contributed by atoms with Gasteiger partial charge in [-0.25, -0.2) is 0 Å². The summed E-state index contributed by atoms with van der Waals surface area (Å²) in [6.07, 6.45) is 2.39. The second-order valence-corrected chi connectivity index (χ2v) is 5.89. The lowest BCUT2D eigenvalue weighted by atomic mass is 9.87. The van der Waals surface area contributed by atoms with Crippen molar-refractivity contribution in [1.29, 1.82) is 0 Å². The van der Waals surface area contributed by atoms with Crippen LogP contribution in [0.4, 0.5) is 0 Å². The molecule has 1 aliphatic carbocycles. The summed E-state index contributed by atoms with van der Waals surface area (Å²) < 4.78 is 16.8. The van der Waals surface area contributed by atoms with E-state index in [2.05, 4.69) is 15.0 Å². The van der Waals surface area contributed by atoms with Crippen LogP contribution in [0.1, 0.15) is 36.4 Å². The Balaban J connectivity index is 1.61. The van der Waals surface area contributed by atoms with Gasteiger partial charge in [-0.3, -0.25) is 4.90 Å². The third-order valence-corrected chi connectivity index (χ3v) is 4.81. The highest BCUT2D eigenvalue weighted by Crippen LogP contribution is 2.47. The molecule has 1 aromatic heterocycles. The molecule has 2 saturated heterocycles. The maximum Gasteiger partial charge on any atom is 0.231 e. The number of methoxy groups -OCH3 is 2. The molecule has 3 atom stereocenters. The van der Waals surface area contributed by atoms with Crippen LogP contribution in [-0.4, -0.2) is 54.7 Å². The molecule has 3 aliphatic rings. The number of rotatable bonds is 4. The first-order valence-corrected chi connectivity index (χ1v) is 6.92. The third kappa shape index (κ3) is 1.67. The van der Waals surface area contributed by atoms with Gasteiger partial charge in [-0.1, -0.05) is 5.16 Å². The Morgan fingerprint density at radius 3 is 2.68 bits per heavy atom. The Bertz CT molecular complexity index is 481. The molecule has 4 rings (SSSR count). The van der Waals surface area contributed by atoms with Gasteiger partial charge in [0.25, 0.3) is 0 Å². The molecule has 0 N–H and O–H groups in total. The van der Waals surface area contributed by atoms with Crippen LogP contribution in [0.2, 0.25) is 0 Å². The maximum atomic E-state index is 5.65. The van der Waals surface area contributed by atoms with E-state index in [1.54, 1.807) is 14.2 Å². The minimum atomic E-state index is -0.517. The Morgan fingerprint density at radius 2 is 2.05 bits per heavy atom. The van der Waals surface area contributed by atoms with Gasteiger partial charge in [-0.05, 0) is 12.8 Å². The van der Waals surface area contributed by atoms with Crippen molar-refractivity contribution in [3.8, 4) is 0 Å². The Hall–Kier alpha value is -0.980. The van der Waals surface area contributed by atoms with Crippen molar-refractivity contribution in [2.45, 2.75) is 30.5 Å². The van der Waals surface area contributed by atoms with Crippen molar-refractivity contribution in [1.82, 2.24) is 15.0 Å². The van der Waals surface area contributed by atoms with Crippen LogP contribution < -0.4 is 0 Å². The first kappa shape index (κ1) is 11.8. The lowest BCUT2D eigenvalue weighted by Gasteiger charge is -2.37. The minimum Gasteiger partial charge on any atom is -0.352 e. The van der Waals surface area contributed by atoms with E-state index in [1.807, 2.05) is 0 Å². The standard InChI is InChI=1S/C13H19N3O3/c1-17-13(18-2)7-16-5-9(10(13)6-16)12-14-11(15-19-12)8-3-4-8/h8-10H,3-7H2,1-2H3. The summed E-state index contributed by atoms with van der Waals surface area (Å²) in [4.78, 5) is 6.94. The third-order valence-electron chi connectivity index (χ3n) is 4.81. The van der Waals surface area contributed by atoms with Crippen LogP contribution >= 0.6 is 0 Å². The topological polar surface area (TPSA) is 60.6 Å². The quantitative estimate of drug-likeness (QED) is 0.756. The maximum absolute atomic E-state index is 5.65. The number of aromatic nitrogens is 2. The predicted molar refractivity (Wildman–Crippen MR) is 65.7 cm³/mol. The zero-order valence-corrected chi connectivity index (χ0v) is 11.3. The number of piperidine rings is 1. The molecular weight excluding hydrogens is 246 g/mol. The zero-order chi connectivity index (χ0) is 13.0. The van der Waals surface area contributed by atoms with Crippen LogP contribution in [0.15, 0.2) is 4.52 Å². The molecule has 0 amide bonds. The van der Waals surface area contributed by atoms with Gasteiger partial charge in [0.05, 0.1) is 12.5 Å². The molecular formula is C13H19N3O3. The molecule has 19 heavy (non-hydrogen) atoms. The summed E-state index contributed by atoms with van der Waals surface area (Å²) in [6, 6.07) is 0. The monoisotopic (exact) mass is 265 g/mol. The van der Waals surface area contributed by atoms with E-state index in [9.17, 15) is 0 Å². The van der Waals surface area contributed by atoms with Gasteiger partial charge in [0.2, 0.25) is 5.89 Å². The lowest BCUT2D eigenvalue weighted by Crippen LogP contribution is -2.48. The number of nitrogens with zero attached hydrogens (tertiary/aromatic N) is 3. The summed E-state index contributed by atoms with van der Waals surface area (Å²) in [6.45, 7) is 2.77. The van der Waals surface area contributed by atoms with Crippen molar-refractivity contribution < 1.29 is 14.0 Å². The van der Waals surface area contributed by atoms with Crippen molar-refractivity contribution >= 4 is 0 Å². The lowest BCUT2D eigenvalue weighted by molar-refractivity contribution is -0.232. The fourth-order valence-electron chi connectivity index (χ4n) is 3.56. The van der Waals surface area contributed by atoms with Crippen molar-refractivity contribution in [2.75, 3.05) is 33.9 Å². The molecule has 1 aromatic rings. The van der Waals surface area contributed by atoms with Gasteiger partial charge in [0.1, 0.15) is 0 Å². The highest BCUT2D eigenvalue weighted by molar-refractivity contribution is 5.14. The first-order chi connectivity index (χ1) is 9.25.